The summed E-state index contributed by atoms with van der Waals surface area (Å²) in [5, 5.41) is 0. The SMILES string of the molecule is Nc1ccc(C2(C(=O)N3CC(F)(F)C3)CCOCC2)cc1. The van der Waals surface area contributed by atoms with Crippen LogP contribution in [-0.4, -0.2) is 43.0 Å². The average molecular weight is 296 g/mol. The summed E-state index contributed by atoms with van der Waals surface area (Å²) >= 11 is 0. The van der Waals surface area contributed by atoms with E-state index in [2.05, 4.69) is 0 Å². The number of benzene rings is 1. The highest BCUT2D eigenvalue weighted by atomic mass is 19.3. The van der Waals surface area contributed by atoms with Gasteiger partial charge in [-0.05, 0) is 30.5 Å². The van der Waals surface area contributed by atoms with Crippen LogP contribution in [-0.2, 0) is 14.9 Å². The molecule has 114 valence electrons. The second-order valence-corrected chi connectivity index (χ2v) is 5.83. The fourth-order valence-electron chi connectivity index (χ4n) is 3.11. The fraction of sp³-hybridized carbons (Fsp3) is 0.533. The third-order valence-corrected chi connectivity index (χ3v) is 4.35. The molecule has 0 atom stereocenters. The number of halogens is 2. The average Bonchev–Trinajstić information content (AvgIpc) is 2.45. The first-order valence-electron chi connectivity index (χ1n) is 7.04. The number of rotatable bonds is 2. The molecule has 0 aliphatic carbocycles. The molecule has 1 aromatic rings. The van der Waals surface area contributed by atoms with Crippen LogP contribution in [0.25, 0.3) is 0 Å². The molecule has 1 amide bonds. The molecule has 21 heavy (non-hydrogen) atoms. The van der Waals surface area contributed by atoms with Gasteiger partial charge in [0.25, 0.3) is 5.92 Å². The first-order valence-corrected chi connectivity index (χ1v) is 7.04. The Labute approximate surface area is 121 Å². The summed E-state index contributed by atoms with van der Waals surface area (Å²) in [6, 6.07) is 7.11. The first kappa shape index (κ1) is 14.3. The quantitative estimate of drug-likeness (QED) is 0.847. The molecule has 2 fully saturated rings. The van der Waals surface area contributed by atoms with Gasteiger partial charge < -0.3 is 15.4 Å². The van der Waals surface area contributed by atoms with E-state index in [1.807, 2.05) is 12.1 Å². The van der Waals surface area contributed by atoms with Crippen LogP contribution < -0.4 is 5.73 Å². The number of likely N-dealkylation sites (tertiary alicyclic amines) is 1. The Hall–Kier alpha value is -1.69. The summed E-state index contributed by atoms with van der Waals surface area (Å²) in [6.45, 7) is -0.0481. The van der Waals surface area contributed by atoms with E-state index in [-0.39, 0.29) is 5.91 Å². The van der Waals surface area contributed by atoms with Crippen molar-refractivity contribution in [1.29, 1.82) is 0 Å². The molecule has 0 radical (unpaired) electrons. The van der Waals surface area contributed by atoms with Gasteiger partial charge in [0.1, 0.15) is 0 Å². The standard InChI is InChI=1S/C15H18F2N2O2/c16-15(17)9-19(10-15)13(20)14(5-7-21-8-6-14)11-1-3-12(18)4-2-11/h1-4H,5-10,18H2. The molecule has 4 nitrogen and oxygen atoms in total. The predicted octanol–water partition coefficient (Wildman–Crippen LogP) is 1.79. The maximum absolute atomic E-state index is 13.1. The third-order valence-electron chi connectivity index (χ3n) is 4.35. The lowest BCUT2D eigenvalue weighted by atomic mass is 9.72. The lowest BCUT2D eigenvalue weighted by molar-refractivity contribution is -0.174. The smallest absolute Gasteiger partial charge is 0.282 e. The number of nitrogen functional groups attached to an aromatic ring is 1. The molecule has 2 aliphatic rings. The molecule has 0 unspecified atom stereocenters. The Balaban J connectivity index is 1.90. The number of carbonyl (C=O) groups excluding carboxylic acids is 1. The molecule has 0 saturated carbocycles. The van der Waals surface area contributed by atoms with E-state index in [9.17, 15) is 13.6 Å². The topological polar surface area (TPSA) is 55.6 Å². The molecular weight excluding hydrogens is 278 g/mol. The van der Waals surface area contributed by atoms with E-state index in [0.29, 0.717) is 31.7 Å². The Kier molecular flexibility index (Phi) is 3.36. The zero-order valence-electron chi connectivity index (χ0n) is 11.6. The van der Waals surface area contributed by atoms with Crippen molar-refractivity contribution < 1.29 is 18.3 Å². The van der Waals surface area contributed by atoms with E-state index in [1.165, 1.54) is 4.90 Å². The van der Waals surface area contributed by atoms with Gasteiger partial charge >= 0.3 is 0 Å². The van der Waals surface area contributed by atoms with E-state index < -0.39 is 24.4 Å². The Morgan fingerprint density at radius 2 is 1.71 bits per heavy atom. The highest BCUT2D eigenvalue weighted by Gasteiger charge is 2.52. The molecule has 0 aromatic heterocycles. The van der Waals surface area contributed by atoms with E-state index >= 15 is 0 Å². The number of nitrogens with zero attached hydrogens (tertiary/aromatic N) is 1. The van der Waals surface area contributed by atoms with Gasteiger partial charge in [-0.1, -0.05) is 12.1 Å². The van der Waals surface area contributed by atoms with Gasteiger partial charge in [-0.3, -0.25) is 4.79 Å². The van der Waals surface area contributed by atoms with Gasteiger partial charge in [0.15, 0.2) is 0 Å². The summed E-state index contributed by atoms with van der Waals surface area (Å²) in [5.74, 6) is -2.97. The van der Waals surface area contributed by atoms with E-state index in [4.69, 9.17) is 10.5 Å². The number of anilines is 1. The Bertz CT molecular complexity index is 531. The maximum atomic E-state index is 13.1. The molecule has 2 heterocycles. The molecular formula is C15H18F2N2O2. The normalized spacial score (nSPS) is 23.4. The number of hydrogen-bond donors (Lipinski definition) is 1. The van der Waals surface area contributed by atoms with Crippen molar-refractivity contribution in [3.63, 3.8) is 0 Å². The number of amides is 1. The first-order chi connectivity index (χ1) is 9.93. The van der Waals surface area contributed by atoms with Gasteiger partial charge in [0, 0.05) is 18.9 Å². The Morgan fingerprint density at radius 1 is 1.14 bits per heavy atom. The van der Waals surface area contributed by atoms with Crippen molar-refractivity contribution in [3.8, 4) is 0 Å². The van der Waals surface area contributed by atoms with Crippen molar-refractivity contribution in [2.75, 3.05) is 32.0 Å². The minimum atomic E-state index is -2.75. The second-order valence-electron chi connectivity index (χ2n) is 5.83. The van der Waals surface area contributed by atoms with Gasteiger partial charge in [0.05, 0.1) is 18.5 Å². The molecule has 6 heteroatoms. The van der Waals surface area contributed by atoms with Gasteiger partial charge in [-0.15, -0.1) is 0 Å². The number of hydrogen-bond acceptors (Lipinski definition) is 3. The predicted molar refractivity (Wildman–Crippen MR) is 74.1 cm³/mol. The van der Waals surface area contributed by atoms with Crippen LogP contribution in [0.2, 0.25) is 0 Å². The second kappa shape index (κ2) is 4.94. The van der Waals surface area contributed by atoms with Crippen LogP contribution in [0, 0.1) is 0 Å². The van der Waals surface area contributed by atoms with Crippen LogP contribution in [0.4, 0.5) is 14.5 Å². The van der Waals surface area contributed by atoms with E-state index in [1.54, 1.807) is 12.1 Å². The van der Waals surface area contributed by atoms with Crippen molar-refractivity contribution in [1.82, 2.24) is 4.90 Å². The fourth-order valence-corrected chi connectivity index (χ4v) is 3.11. The molecule has 3 rings (SSSR count). The summed E-state index contributed by atoms with van der Waals surface area (Å²) < 4.78 is 31.5. The van der Waals surface area contributed by atoms with Crippen molar-refractivity contribution in [3.05, 3.63) is 29.8 Å². The van der Waals surface area contributed by atoms with Gasteiger partial charge in [-0.25, -0.2) is 8.78 Å². The van der Waals surface area contributed by atoms with Crippen molar-refractivity contribution in [2.45, 2.75) is 24.2 Å². The molecule has 0 bridgehead atoms. The van der Waals surface area contributed by atoms with E-state index in [0.717, 1.165) is 5.56 Å². The molecule has 1 aromatic carbocycles. The number of ether oxygens (including phenoxy) is 1. The monoisotopic (exact) mass is 296 g/mol. The number of nitrogens with two attached hydrogens (primary N) is 1. The summed E-state index contributed by atoms with van der Waals surface area (Å²) in [6.07, 6.45) is 1.02. The minimum absolute atomic E-state index is 0.221. The molecule has 2 N–H and O–H groups in total. The van der Waals surface area contributed by atoms with Crippen LogP contribution in [0.1, 0.15) is 18.4 Å². The molecule has 2 aliphatic heterocycles. The van der Waals surface area contributed by atoms with Gasteiger partial charge in [0.2, 0.25) is 5.91 Å². The number of alkyl halides is 2. The lowest BCUT2D eigenvalue weighted by Crippen LogP contribution is -2.63. The zero-order valence-corrected chi connectivity index (χ0v) is 11.6. The zero-order chi connectivity index (χ0) is 15.1. The molecule has 2 saturated heterocycles. The number of carbonyl (C=O) groups is 1. The van der Waals surface area contributed by atoms with Crippen molar-refractivity contribution >= 4 is 11.6 Å². The highest BCUT2D eigenvalue weighted by molar-refractivity contribution is 5.89. The lowest BCUT2D eigenvalue weighted by Gasteiger charge is -2.46. The van der Waals surface area contributed by atoms with Crippen LogP contribution in [0.5, 0.6) is 0 Å². The van der Waals surface area contributed by atoms with Crippen molar-refractivity contribution in [2.24, 2.45) is 0 Å². The maximum Gasteiger partial charge on any atom is 0.282 e. The minimum Gasteiger partial charge on any atom is -0.399 e. The van der Waals surface area contributed by atoms with Crippen LogP contribution in [0.15, 0.2) is 24.3 Å². The van der Waals surface area contributed by atoms with Crippen LogP contribution >= 0.6 is 0 Å². The largest absolute Gasteiger partial charge is 0.399 e. The summed E-state index contributed by atoms with van der Waals surface area (Å²) in [5.41, 5.74) is 6.38. The molecule has 0 spiro atoms. The van der Waals surface area contributed by atoms with Gasteiger partial charge in [-0.2, -0.15) is 0 Å². The third kappa shape index (κ3) is 2.48. The Morgan fingerprint density at radius 3 is 2.24 bits per heavy atom. The van der Waals surface area contributed by atoms with Crippen LogP contribution in [0.3, 0.4) is 0 Å². The summed E-state index contributed by atoms with van der Waals surface area (Å²) in [7, 11) is 0. The summed E-state index contributed by atoms with van der Waals surface area (Å²) in [4.78, 5) is 14.0. The highest BCUT2D eigenvalue weighted by Crippen LogP contribution is 2.40.